The molecule has 32 heavy (non-hydrogen) atoms. The molecule has 0 amide bonds. The second-order valence-corrected chi connectivity index (χ2v) is 8.82. The zero-order valence-corrected chi connectivity index (χ0v) is 20.1. The molecular formula is C25H28BrN3O3. The van der Waals surface area contributed by atoms with E-state index in [1.807, 2.05) is 50.2 Å². The van der Waals surface area contributed by atoms with Crippen LogP contribution < -0.4 is 15.0 Å². The van der Waals surface area contributed by atoms with Crippen LogP contribution in [0.25, 0.3) is 10.9 Å². The molecule has 1 saturated carbocycles. The molecule has 0 spiro atoms. The third-order valence-electron chi connectivity index (χ3n) is 5.69. The largest absolute Gasteiger partial charge is 0.490 e. The summed E-state index contributed by atoms with van der Waals surface area (Å²) in [6.45, 7) is 4.97. The smallest absolute Gasteiger partial charge is 0.282 e. The number of hydrogen-bond donors (Lipinski definition) is 0. The lowest BCUT2D eigenvalue weighted by molar-refractivity contribution is 0.288. The van der Waals surface area contributed by atoms with Crippen molar-refractivity contribution >= 4 is 33.0 Å². The SMILES string of the molecule is CCOc1ccc(C=Nn2c(C3CCCCC3)nc3ccc(Br)cc3c2=O)cc1OCC. The Kier molecular flexibility index (Phi) is 7.25. The number of hydrogen-bond acceptors (Lipinski definition) is 5. The molecule has 0 atom stereocenters. The Morgan fingerprint density at radius 1 is 1.06 bits per heavy atom. The van der Waals surface area contributed by atoms with Crippen LogP contribution in [0.15, 0.2) is 50.8 Å². The Bertz CT molecular complexity index is 1180. The molecule has 0 unspecified atom stereocenters. The minimum atomic E-state index is -0.149. The average molecular weight is 498 g/mol. The maximum absolute atomic E-state index is 13.4. The molecule has 0 bridgehead atoms. The van der Waals surface area contributed by atoms with E-state index in [0.29, 0.717) is 35.6 Å². The first-order valence-corrected chi connectivity index (χ1v) is 12.1. The molecule has 1 fully saturated rings. The van der Waals surface area contributed by atoms with Gasteiger partial charge in [-0.25, -0.2) is 4.98 Å². The number of benzene rings is 2. The maximum atomic E-state index is 13.4. The van der Waals surface area contributed by atoms with E-state index < -0.39 is 0 Å². The summed E-state index contributed by atoms with van der Waals surface area (Å²) in [7, 11) is 0. The van der Waals surface area contributed by atoms with Gasteiger partial charge in [-0.1, -0.05) is 35.2 Å². The van der Waals surface area contributed by atoms with Gasteiger partial charge in [-0.05, 0) is 68.7 Å². The summed E-state index contributed by atoms with van der Waals surface area (Å²) in [6.07, 6.45) is 7.29. The third kappa shape index (κ3) is 4.88. The van der Waals surface area contributed by atoms with Crippen LogP contribution in [0.1, 0.15) is 63.3 Å². The van der Waals surface area contributed by atoms with E-state index in [0.717, 1.165) is 41.5 Å². The van der Waals surface area contributed by atoms with E-state index in [4.69, 9.17) is 14.5 Å². The van der Waals surface area contributed by atoms with Gasteiger partial charge in [-0.3, -0.25) is 4.79 Å². The highest BCUT2D eigenvalue weighted by Gasteiger charge is 2.22. The number of rotatable bonds is 7. The summed E-state index contributed by atoms with van der Waals surface area (Å²) >= 11 is 3.46. The molecule has 2 aromatic carbocycles. The minimum Gasteiger partial charge on any atom is -0.490 e. The molecule has 6 nitrogen and oxygen atoms in total. The highest BCUT2D eigenvalue weighted by atomic mass is 79.9. The summed E-state index contributed by atoms with van der Waals surface area (Å²) in [4.78, 5) is 18.3. The first kappa shape index (κ1) is 22.5. The van der Waals surface area contributed by atoms with Gasteiger partial charge in [0.2, 0.25) is 0 Å². The zero-order chi connectivity index (χ0) is 22.5. The van der Waals surface area contributed by atoms with Crippen molar-refractivity contribution < 1.29 is 9.47 Å². The van der Waals surface area contributed by atoms with Crippen LogP contribution in [0.3, 0.4) is 0 Å². The standard InChI is InChI=1S/C25H28BrN3O3/c1-3-31-22-13-10-17(14-23(22)32-4-2)16-27-29-24(18-8-6-5-7-9-18)28-21-12-11-19(26)15-20(21)25(29)30/h10-16,18H,3-9H2,1-2H3. The lowest BCUT2D eigenvalue weighted by atomic mass is 9.88. The number of aromatic nitrogens is 2. The van der Waals surface area contributed by atoms with E-state index in [9.17, 15) is 4.79 Å². The summed E-state index contributed by atoms with van der Waals surface area (Å²) in [5, 5.41) is 5.17. The predicted octanol–water partition coefficient (Wildman–Crippen LogP) is 5.89. The normalized spacial score (nSPS) is 14.8. The molecule has 3 aromatic rings. The molecule has 1 aliphatic rings. The molecule has 0 N–H and O–H groups in total. The van der Waals surface area contributed by atoms with Gasteiger partial charge in [-0.2, -0.15) is 9.78 Å². The van der Waals surface area contributed by atoms with E-state index in [1.165, 1.54) is 11.1 Å². The average Bonchev–Trinajstić information content (AvgIpc) is 2.81. The van der Waals surface area contributed by atoms with Crippen LogP contribution in [0.5, 0.6) is 11.5 Å². The zero-order valence-electron chi connectivity index (χ0n) is 18.5. The number of halogens is 1. The highest BCUT2D eigenvalue weighted by molar-refractivity contribution is 9.10. The van der Waals surface area contributed by atoms with Gasteiger partial charge >= 0.3 is 0 Å². The maximum Gasteiger partial charge on any atom is 0.282 e. The van der Waals surface area contributed by atoms with Crippen LogP contribution in [-0.2, 0) is 0 Å². The van der Waals surface area contributed by atoms with Crippen molar-refractivity contribution in [2.75, 3.05) is 13.2 Å². The number of fused-ring (bicyclic) bond motifs is 1. The summed E-state index contributed by atoms with van der Waals surface area (Å²) < 4.78 is 13.7. The highest BCUT2D eigenvalue weighted by Crippen LogP contribution is 2.32. The fourth-order valence-corrected chi connectivity index (χ4v) is 4.54. The molecule has 1 aromatic heterocycles. The third-order valence-corrected chi connectivity index (χ3v) is 6.19. The van der Waals surface area contributed by atoms with Crippen molar-refractivity contribution in [3.05, 3.63) is 62.6 Å². The lowest BCUT2D eigenvalue weighted by Crippen LogP contribution is -2.25. The van der Waals surface area contributed by atoms with Crippen LogP contribution in [0, 0.1) is 0 Å². The van der Waals surface area contributed by atoms with E-state index in [1.54, 1.807) is 6.21 Å². The molecule has 7 heteroatoms. The minimum absolute atomic E-state index is 0.149. The summed E-state index contributed by atoms with van der Waals surface area (Å²) in [6, 6.07) is 11.3. The van der Waals surface area contributed by atoms with E-state index in [-0.39, 0.29) is 11.5 Å². The summed E-state index contributed by atoms with van der Waals surface area (Å²) in [5.41, 5.74) is 1.39. The molecule has 168 valence electrons. The Morgan fingerprint density at radius 2 is 1.81 bits per heavy atom. The van der Waals surface area contributed by atoms with Crippen molar-refractivity contribution in [1.82, 2.24) is 9.66 Å². The summed E-state index contributed by atoms with van der Waals surface area (Å²) in [5.74, 6) is 2.35. The molecular weight excluding hydrogens is 470 g/mol. The Labute approximate surface area is 196 Å². The lowest BCUT2D eigenvalue weighted by Gasteiger charge is -2.22. The van der Waals surface area contributed by atoms with Crippen LogP contribution >= 0.6 is 15.9 Å². The van der Waals surface area contributed by atoms with E-state index >= 15 is 0 Å². The van der Waals surface area contributed by atoms with Crippen molar-refractivity contribution in [2.24, 2.45) is 5.10 Å². The van der Waals surface area contributed by atoms with Crippen molar-refractivity contribution in [2.45, 2.75) is 51.9 Å². The van der Waals surface area contributed by atoms with Gasteiger partial charge in [0.05, 0.1) is 30.3 Å². The first-order chi connectivity index (χ1) is 15.6. The first-order valence-electron chi connectivity index (χ1n) is 11.3. The van der Waals surface area contributed by atoms with Gasteiger partial charge < -0.3 is 9.47 Å². The van der Waals surface area contributed by atoms with E-state index in [2.05, 4.69) is 21.0 Å². The monoisotopic (exact) mass is 497 g/mol. The molecule has 4 rings (SSSR count). The number of ether oxygens (including phenoxy) is 2. The molecule has 0 radical (unpaired) electrons. The second-order valence-electron chi connectivity index (χ2n) is 7.90. The fraction of sp³-hybridized carbons (Fsp3) is 0.400. The van der Waals surface area contributed by atoms with Gasteiger partial charge in [0.25, 0.3) is 5.56 Å². The van der Waals surface area contributed by atoms with Crippen LogP contribution in [0.2, 0.25) is 0 Å². The topological polar surface area (TPSA) is 65.7 Å². The fourth-order valence-electron chi connectivity index (χ4n) is 4.17. The van der Waals surface area contributed by atoms with Crippen molar-refractivity contribution in [1.29, 1.82) is 0 Å². The predicted molar refractivity (Wildman–Crippen MR) is 131 cm³/mol. The molecule has 1 aliphatic carbocycles. The second kappa shape index (κ2) is 10.3. The van der Waals surface area contributed by atoms with Gasteiger partial charge in [0.1, 0.15) is 5.82 Å². The number of nitrogens with zero attached hydrogens (tertiary/aromatic N) is 3. The van der Waals surface area contributed by atoms with Gasteiger partial charge in [0.15, 0.2) is 11.5 Å². The van der Waals surface area contributed by atoms with Gasteiger partial charge in [-0.15, -0.1) is 0 Å². The van der Waals surface area contributed by atoms with Crippen LogP contribution in [-0.4, -0.2) is 29.1 Å². The van der Waals surface area contributed by atoms with Crippen molar-refractivity contribution in [3.63, 3.8) is 0 Å². The molecule has 0 aliphatic heterocycles. The van der Waals surface area contributed by atoms with Gasteiger partial charge in [0, 0.05) is 10.4 Å². The van der Waals surface area contributed by atoms with Crippen molar-refractivity contribution in [3.8, 4) is 11.5 Å². The Morgan fingerprint density at radius 3 is 2.56 bits per heavy atom. The van der Waals surface area contributed by atoms with Crippen LogP contribution in [0.4, 0.5) is 0 Å². The quantitative estimate of drug-likeness (QED) is 0.382. The Balaban J connectivity index is 1.78. The Hall–Kier alpha value is -2.67. The molecule has 1 heterocycles. The molecule has 0 saturated heterocycles.